The van der Waals surface area contributed by atoms with Gasteiger partial charge in [-0.1, -0.05) is 44.2 Å². The zero-order chi connectivity index (χ0) is 15.5. The number of aliphatic hydroxyl groups is 1. The molecule has 1 heterocycles. The Balaban J connectivity index is 2.18. The first-order valence-electron chi connectivity index (χ1n) is 7.61. The Bertz CT molecular complexity index is 760. The van der Waals surface area contributed by atoms with Crippen molar-refractivity contribution in [2.45, 2.75) is 20.4 Å². The van der Waals surface area contributed by atoms with Crippen LogP contribution in [0.25, 0.3) is 22.2 Å². The fourth-order valence-corrected chi connectivity index (χ4v) is 2.81. The van der Waals surface area contributed by atoms with Gasteiger partial charge in [-0.15, -0.1) is 0 Å². The third-order valence-electron chi connectivity index (χ3n) is 3.72. The highest BCUT2D eigenvalue weighted by Gasteiger charge is 2.12. The van der Waals surface area contributed by atoms with Crippen LogP contribution in [0.5, 0.6) is 5.75 Å². The first-order valence-corrected chi connectivity index (χ1v) is 7.61. The molecule has 1 N–H and O–H groups in total. The molecule has 0 aliphatic carbocycles. The minimum atomic E-state index is -0.304. The molecule has 0 saturated carbocycles. The normalized spacial score (nSPS) is 11.3. The Morgan fingerprint density at radius 1 is 1.05 bits per heavy atom. The van der Waals surface area contributed by atoms with Crippen molar-refractivity contribution in [1.29, 1.82) is 0 Å². The van der Waals surface area contributed by atoms with E-state index < -0.39 is 0 Å². The molecule has 0 aliphatic rings. The number of benzene rings is 2. The van der Waals surface area contributed by atoms with Gasteiger partial charge in [0.2, 0.25) is 0 Å². The lowest BCUT2D eigenvalue weighted by Crippen LogP contribution is -2.06. The van der Waals surface area contributed by atoms with E-state index in [9.17, 15) is 0 Å². The molecule has 2 aromatic carbocycles. The van der Waals surface area contributed by atoms with Crippen molar-refractivity contribution < 1.29 is 9.84 Å². The van der Waals surface area contributed by atoms with Gasteiger partial charge in [0.05, 0.1) is 5.52 Å². The third-order valence-corrected chi connectivity index (χ3v) is 3.72. The molecular weight excluding hydrogens is 274 g/mol. The van der Waals surface area contributed by atoms with Crippen LogP contribution in [-0.4, -0.2) is 16.5 Å². The lowest BCUT2D eigenvalue weighted by Gasteiger charge is -2.14. The second-order valence-electron chi connectivity index (χ2n) is 5.89. The van der Waals surface area contributed by atoms with Crippen LogP contribution in [0.1, 0.15) is 13.8 Å². The zero-order valence-corrected chi connectivity index (χ0v) is 13.0. The summed E-state index contributed by atoms with van der Waals surface area (Å²) in [7, 11) is 0. The molecule has 0 saturated heterocycles. The Kier molecular flexibility index (Phi) is 4.16. The number of nitrogens with zero attached hydrogens (tertiary/aromatic N) is 1. The maximum absolute atomic E-state index is 8.96. The smallest absolute Gasteiger partial charge is 0.186 e. The summed E-state index contributed by atoms with van der Waals surface area (Å²) >= 11 is 0. The number of rotatable bonds is 5. The van der Waals surface area contributed by atoms with Gasteiger partial charge in [-0.25, -0.2) is 0 Å². The molecule has 1 aromatic heterocycles. The predicted molar refractivity (Wildman–Crippen MR) is 89.9 cm³/mol. The Hall–Kier alpha value is -2.26. The van der Waals surface area contributed by atoms with Gasteiger partial charge in [0, 0.05) is 23.7 Å². The van der Waals surface area contributed by atoms with E-state index in [0.717, 1.165) is 12.1 Å². The molecule has 0 amide bonds. The standard InChI is InChI=1S/C19H21NO2/c1-14(2)12-20-18(15-6-4-3-5-7-15)10-16-8-9-17(22-13-21)11-19(16)20/h3-11,14,21H,12-13H2,1-2H3. The summed E-state index contributed by atoms with van der Waals surface area (Å²) in [6.07, 6.45) is 0. The highest BCUT2D eigenvalue weighted by Crippen LogP contribution is 2.31. The minimum Gasteiger partial charge on any atom is -0.468 e. The van der Waals surface area contributed by atoms with Crippen molar-refractivity contribution in [3.63, 3.8) is 0 Å². The summed E-state index contributed by atoms with van der Waals surface area (Å²) in [4.78, 5) is 0. The number of ether oxygens (including phenoxy) is 1. The largest absolute Gasteiger partial charge is 0.468 e. The van der Waals surface area contributed by atoms with Gasteiger partial charge in [0.25, 0.3) is 0 Å². The van der Waals surface area contributed by atoms with Gasteiger partial charge in [-0.3, -0.25) is 0 Å². The minimum absolute atomic E-state index is 0.304. The summed E-state index contributed by atoms with van der Waals surface area (Å²) < 4.78 is 7.56. The average Bonchev–Trinajstić information content (AvgIpc) is 2.86. The quantitative estimate of drug-likeness (QED) is 0.712. The predicted octanol–water partition coefficient (Wildman–Crippen LogP) is 4.29. The Morgan fingerprint density at radius 2 is 1.82 bits per heavy atom. The Labute approximate surface area is 130 Å². The molecule has 0 spiro atoms. The van der Waals surface area contributed by atoms with Crippen molar-refractivity contribution in [2.24, 2.45) is 5.92 Å². The second kappa shape index (κ2) is 6.24. The molecule has 0 radical (unpaired) electrons. The maximum Gasteiger partial charge on any atom is 0.186 e. The molecule has 3 nitrogen and oxygen atoms in total. The number of hydrogen-bond acceptors (Lipinski definition) is 2. The van der Waals surface area contributed by atoms with Crippen LogP contribution >= 0.6 is 0 Å². The van der Waals surface area contributed by atoms with Crippen LogP contribution in [0, 0.1) is 5.92 Å². The van der Waals surface area contributed by atoms with Crippen molar-refractivity contribution in [1.82, 2.24) is 4.57 Å². The summed E-state index contributed by atoms with van der Waals surface area (Å²) in [6.45, 7) is 5.07. The monoisotopic (exact) mass is 295 g/mol. The van der Waals surface area contributed by atoms with E-state index in [2.05, 4.69) is 48.7 Å². The van der Waals surface area contributed by atoms with E-state index in [0.29, 0.717) is 11.7 Å². The van der Waals surface area contributed by atoms with E-state index in [4.69, 9.17) is 9.84 Å². The highest BCUT2D eigenvalue weighted by molar-refractivity contribution is 5.88. The van der Waals surface area contributed by atoms with Crippen LogP contribution in [-0.2, 0) is 6.54 Å². The van der Waals surface area contributed by atoms with Crippen molar-refractivity contribution in [2.75, 3.05) is 6.79 Å². The van der Waals surface area contributed by atoms with Gasteiger partial charge >= 0.3 is 0 Å². The fourth-order valence-electron chi connectivity index (χ4n) is 2.81. The molecule has 0 atom stereocenters. The molecule has 114 valence electrons. The van der Waals surface area contributed by atoms with E-state index >= 15 is 0 Å². The van der Waals surface area contributed by atoms with Crippen LogP contribution in [0.2, 0.25) is 0 Å². The van der Waals surface area contributed by atoms with Crippen molar-refractivity contribution in [3.05, 3.63) is 54.6 Å². The number of aromatic nitrogens is 1. The molecule has 3 heteroatoms. The van der Waals surface area contributed by atoms with Gasteiger partial charge in [-0.05, 0) is 29.7 Å². The van der Waals surface area contributed by atoms with E-state index in [-0.39, 0.29) is 6.79 Å². The van der Waals surface area contributed by atoms with Crippen LogP contribution < -0.4 is 4.74 Å². The van der Waals surface area contributed by atoms with Gasteiger partial charge in [-0.2, -0.15) is 0 Å². The van der Waals surface area contributed by atoms with E-state index in [1.54, 1.807) is 0 Å². The fraction of sp³-hybridized carbons (Fsp3) is 0.263. The van der Waals surface area contributed by atoms with Crippen LogP contribution in [0.15, 0.2) is 54.6 Å². The van der Waals surface area contributed by atoms with Crippen LogP contribution in [0.4, 0.5) is 0 Å². The van der Waals surface area contributed by atoms with Gasteiger partial charge in [0.1, 0.15) is 5.75 Å². The SMILES string of the molecule is CC(C)Cn1c(-c2ccccc2)cc2ccc(OCO)cc21. The van der Waals surface area contributed by atoms with E-state index in [1.807, 2.05) is 24.3 Å². The van der Waals surface area contributed by atoms with Crippen molar-refractivity contribution >= 4 is 10.9 Å². The maximum atomic E-state index is 8.96. The average molecular weight is 295 g/mol. The zero-order valence-electron chi connectivity index (χ0n) is 13.0. The Morgan fingerprint density at radius 3 is 2.50 bits per heavy atom. The lowest BCUT2D eigenvalue weighted by atomic mass is 10.1. The lowest BCUT2D eigenvalue weighted by molar-refractivity contribution is 0.0986. The first-order chi connectivity index (χ1) is 10.7. The summed E-state index contributed by atoms with van der Waals surface area (Å²) in [5.74, 6) is 1.23. The molecule has 0 bridgehead atoms. The number of hydrogen-bond donors (Lipinski definition) is 1. The number of aliphatic hydroxyl groups excluding tert-OH is 1. The van der Waals surface area contributed by atoms with Crippen LogP contribution in [0.3, 0.4) is 0 Å². The molecule has 0 fully saturated rings. The summed E-state index contributed by atoms with van der Waals surface area (Å²) in [5, 5.41) is 10.1. The molecule has 0 unspecified atom stereocenters. The molecule has 3 rings (SSSR count). The summed E-state index contributed by atoms with van der Waals surface area (Å²) in [5.41, 5.74) is 3.56. The van der Waals surface area contributed by atoms with Gasteiger partial charge in [0.15, 0.2) is 6.79 Å². The van der Waals surface area contributed by atoms with Crippen molar-refractivity contribution in [3.8, 4) is 17.0 Å². The summed E-state index contributed by atoms with van der Waals surface area (Å²) in [6, 6.07) is 18.6. The molecule has 0 aliphatic heterocycles. The molecular formula is C19H21NO2. The van der Waals surface area contributed by atoms with E-state index in [1.165, 1.54) is 16.6 Å². The molecule has 3 aromatic rings. The highest BCUT2D eigenvalue weighted by atomic mass is 16.6. The van der Waals surface area contributed by atoms with Gasteiger partial charge < -0.3 is 14.4 Å². The number of fused-ring (bicyclic) bond motifs is 1. The topological polar surface area (TPSA) is 34.4 Å². The second-order valence-corrected chi connectivity index (χ2v) is 5.89. The third kappa shape index (κ3) is 2.85. The first kappa shape index (κ1) is 14.7. The molecule has 22 heavy (non-hydrogen) atoms.